The predicted octanol–water partition coefficient (Wildman–Crippen LogP) is 1.90. The summed E-state index contributed by atoms with van der Waals surface area (Å²) in [6.07, 6.45) is 10.8. The zero-order valence-electron chi connectivity index (χ0n) is 17.5. The Hall–Kier alpha value is -3.14. The minimum atomic E-state index is -0.181. The monoisotopic (exact) mass is 423 g/mol. The first-order chi connectivity index (χ1) is 15.1. The second kappa shape index (κ2) is 8.18. The molecule has 2 fully saturated rings. The highest BCUT2D eigenvalue weighted by atomic mass is 16.5. The first-order valence-electron chi connectivity index (χ1n) is 10.6. The lowest BCUT2D eigenvalue weighted by Crippen LogP contribution is -2.51. The van der Waals surface area contributed by atoms with Gasteiger partial charge in [0.2, 0.25) is 11.7 Å². The van der Waals surface area contributed by atoms with Gasteiger partial charge in [-0.25, -0.2) is 4.98 Å². The third kappa shape index (κ3) is 4.07. The summed E-state index contributed by atoms with van der Waals surface area (Å²) in [4.78, 5) is 27.4. The molecule has 31 heavy (non-hydrogen) atoms. The van der Waals surface area contributed by atoms with E-state index in [1.54, 1.807) is 42.6 Å². The van der Waals surface area contributed by atoms with Crippen molar-refractivity contribution in [2.75, 3.05) is 19.7 Å². The topological polar surface area (TPSA) is 112 Å². The number of piperidine rings is 1. The number of likely N-dealkylation sites (tertiary alicyclic amines) is 1. The van der Waals surface area contributed by atoms with Gasteiger partial charge in [-0.05, 0) is 37.7 Å². The predicted molar refractivity (Wildman–Crippen MR) is 109 cm³/mol. The summed E-state index contributed by atoms with van der Waals surface area (Å²) in [7, 11) is 1.79. The van der Waals surface area contributed by atoms with Gasteiger partial charge < -0.3 is 14.2 Å². The molecule has 0 radical (unpaired) electrons. The Morgan fingerprint density at radius 3 is 2.87 bits per heavy atom. The maximum absolute atomic E-state index is 12.8. The van der Waals surface area contributed by atoms with Crippen LogP contribution in [0.25, 0.3) is 11.5 Å². The largest absolute Gasteiger partial charge is 0.375 e. The molecule has 3 aromatic heterocycles. The summed E-state index contributed by atoms with van der Waals surface area (Å²) in [5.41, 5.74) is 1.04. The van der Waals surface area contributed by atoms with Crippen LogP contribution in [-0.2, 0) is 18.2 Å². The lowest BCUT2D eigenvalue weighted by molar-refractivity contribution is -0.124. The highest BCUT2D eigenvalue weighted by Gasteiger charge is 2.41. The molecule has 3 aromatic rings. The highest BCUT2D eigenvalue weighted by molar-refractivity contribution is 5.92. The normalized spacial score (nSPS) is 20.8. The molecule has 2 aliphatic rings. The molecule has 2 aliphatic heterocycles. The molecule has 2 saturated heterocycles. The maximum atomic E-state index is 12.8. The molecule has 1 amide bonds. The van der Waals surface area contributed by atoms with Gasteiger partial charge in [0.05, 0.1) is 11.8 Å². The molecular formula is C21H25N7O3. The minimum absolute atomic E-state index is 0.0320. The van der Waals surface area contributed by atoms with E-state index in [1.165, 1.54) is 0 Å². The fraction of sp³-hybridized carbons (Fsp3) is 0.524. The SMILES string of the molecule is Cn1nccc1C(=O)N1CCC2(CC1)CC(Cc1nc(-c3cnccn3)no1)CCO2. The molecule has 1 unspecified atom stereocenters. The van der Waals surface area contributed by atoms with Crippen LogP contribution in [0, 0.1) is 5.92 Å². The molecule has 1 atom stereocenters. The van der Waals surface area contributed by atoms with Crippen molar-refractivity contribution in [3.8, 4) is 11.5 Å². The summed E-state index contributed by atoms with van der Waals surface area (Å²) >= 11 is 0. The van der Waals surface area contributed by atoms with Crippen molar-refractivity contribution in [3.05, 3.63) is 42.4 Å². The number of aromatic nitrogens is 6. The average molecular weight is 423 g/mol. The van der Waals surface area contributed by atoms with Crippen LogP contribution in [0.3, 0.4) is 0 Å². The van der Waals surface area contributed by atoms with Crippen LogP contribution in [0.15, 0.2) is 35.4 Å². The van der Waals surface area contributed by atoms with Gasteiger partial charge in [-0.2, -0.15) is 10.1 Å². The zero-order valence-corrected chi connectivity index (χ0v) is 17.5. The fourth-order valence-corrected chi connectivity index (χ4v) is 4.62. The maximum Gasteiger partial charge on any atom is 0.272 e. The first-order valence-corrected chi connectivity index (χ1v) is 10.6. The third-order valence-corrected chi connectivity index (χ3v) is 6.32. The van der Waals surface area contributed by atoms with Crippen LogP contribution < -0.4 is 0 Å². The molecular weight excluding hydrogens is 398 g/mol. The average Bonchev–Trinajstić information content (AvgIpc) is 3.44. The van der Waals surface area contributed by atoms with Crippen molar-refractivity contribution in [1.82, 2.24) is 34.8 Å². The Morgan fingerprint density at radius 1 is 1.26 bits per heavy atom. The Balaban J connectivity index is 1.20. The van der Waals surface area contributed by atoms with E-state index in [0.29, 0.717) is 48.7 Å². The lowest BCUT2D eigenvalue weighted by Gasteiger charge is -2.46. The number of amides is 1. The Bertz CT molecular complexity index is 1040. The quantitative estimate of drug-likeness (QED) is 0.625. The molecule has 162 valence electrons. The molecule has 5 rings (SSSR count). The van der Waals surface area contributed by atoms with Gasteiger partial charge in [0.15, 0.2) is 0 Å². The summed E-state index contributed by atoms with van der Waals surface area (Å²) in [6.45, 7) is 2.09. The van der Waals surface area contributed by atoms with Gasteiger partial charge in [-0.15, -0.1) is 0 Å². The first kappa shape index (κ1) is 19.8. The van der Waals surface area contributed by atoms with E-state index in [1.807, 2.05) is 4.90 Å². The van der Waals surface area contributed by atoms with Crippen molar-refractivity contribution in [1.29, 1.82) is 0 Å². The van der Waals surface area contributed by atoms with Crippen molar-refractivity contribution >= 4 is 5.91 Å². The number of nitrogens with zero attached hydrogens (tertiary/aromatic N) is 7. The Kier molecular flexibility index (Phi) is 5.23. The zero-order chi connectivity index (χ0) is 21.3. The number of rotatable bonds is 4. The number of aryl methyl sites for hydroxylation is 1. The molecule has 10 heteroatoms. The van der Waals surface area contributed by atoms with Crippen LogP contribution in [0.2, 0.25) is 0 Å². The Morgan fingerprint density at radius 2 is 2.13 bits per heavy atom. The van der Waals surface area contributed by atoms with Gasteiger partial charge in [-0.1, -0.05) is 5.16 Å². The molecule has 1 spiro atoms. The molecule has 0 aliphatic carbocycles. The number of carbonyl (C=O) groups excluding carboxylic acids is 1. The molecule has 10 nitrogen and oxygen atoms in total. The van der Waals surface area contributed by atoms with Gasteiger partial charge in [0.25, 0.3) is 5.91 Å². The molecule has 0 bridgehead atoms. The Labute approximate surface area is 179 Å². The molecule has 5 heterocycles. The van der Waals surface area contributed by atoms with Crippen LogP contribution in [0.1, 0.15) is 42.1 Å². The van der Waals surface area contributed by atoms with Crippen LogP contribution in [0.4, 0.5) is 0 Å². The molecule has 0 aromatic carbocycles. The summed E-state index contributed by atoms with van der Waals surface area (Å²) in [5, 5.41) is 8.15. The van der Waals surface area contributed by atoms with E-state index in [9.17, 15) is 4.79 Å². The number of carbonyl (C=O) groups is 1. The van der Waals surface area contributed by atoms with Crippen LogP contribution in [0.5, 0.6) is 0 Å². The van der Waals surface area contributed by atoms with E-state index >= 15 is 0 Å². The van der Waals surface area contributed by atoms with E-state index in [0.717, 1.165) is 32.1 Å². The second-order valence-corrected chi connectivity index (χ2v) is 8.33. The summed E-state index contributed by atoms with van der Waals surface area (Å²) in [6, 6.07) is 1.76. The second-order valence-electron chi connectivity index (χ2n) is 8.33. The van der Waals surface area contributed by atoms with E-state index in [4.69, 9.17) is 9.26 Å². The highest BCUT2D eigenvalue weighted by Crippen LogP contribution is 2.39. The van der Waals surface area contributed by atoms with Gasteiger partial charge in [-0.3, -0.25) is 14.5 Å². The fourth-order valence-electron chi connectivity index (χ4n) is 4.62. The van der Waals surface area contributed by atoms with Gasteiger partial charge in [0, 0.05) is 51.8 Å². The smallest absolute Gasteiger partial charge is 0.272 e. The lowest BCUT2D eigenvalue weighted by atomic mass is 9.78. The van der Waals surface area contributed by atoms with E-state index in [2.05, 4.69) is 25.2 Å². The van der Waals surface area contributed by atoms with Crippen LogP contribution in [-0.4, -0.2) is 66.0 Å². The standard InChI is InChI=1S/C21H25N7O3/c1-27-17(2-6-24-27)20(29)28-9-4-21(5-10-28)13-15(3-11-30-21)12-18-25-19(26-31-18)16-14-22-7-8-23-16/h2,6-8,14-15H,3-5,9-13H2,1H3. The number of hydrogen-bond acceptors (Lipinski definition) is 8. The van der Waals surface area contributed by atoms with Gasteiger partial charge in [0.1, 0.15) is 11.4 Å². The number of hydrogen-bond donors (Lipinski definition) is 0. The molecule has 0 N–H and O–H groups in total. The van der Waals surface area contributed by atoms with E-state index < -0.39 is 0 Å². The van der Waals surface area contributed by atoms with Gasteiger partial charge >= 0.3 is 0 Å². The van der Waals surface area contributed by atoms with Crippen molar-refractivity contribution in [2.24, 2.45) is 13.0 Å². The third-order valence-electron chi connectivity index (χ3n) is 6.32. The summed E-state index contributed by atoms with van der Waals surface area (Å²) in [5.74, 6) is 1.52. The minimum Gasteiger partial charge on any atom is -0.375 e. The number of ether oxygens (including phenoxy) is 1. The summed E-state index contributed by atoms with van der Waals surface area (Å²) < 4.78 is 13.3. The van der Waals surface area contributed by atoms with Crippen molar-refractivity contribution in [2.45, 2.75) is 37.7 Å². The molecule has 0 saturated carbocycles. The van der Waals surface area contributed by atoms with Crippen LogP contribution >= 0.6 is 0 Å². The van der Waals surface area contributed by atoms with Crippen molar-refractivity contribution in [3.63, 3.8) is 0 Å². The van der Waals surface area contributed by atoms with E-state index in [-0.39, 0.29) is 11.5 Å². The van der Waals surface area contributed by atoms with Crippen molar-refractivity contribution < 1.29 is 14.1 Å².